The Morgan fingerprint density at radius 2 is 0.838 bits per heavy atom. The Morgan fingerprint density at radius 3 is 1.20 bits per heavy atom. The topological polar surface area (TPSA) is 171 Å². The molecule has 0 aliphatic heterocycles. The summed E-state index contributed by atoms with van der Waals surface area (Å²) in [5.74, 6) is -0.976. The van der Waals surface area contributed by atoms with Crippen molar-refractivity contribution in [2.24, 2.45) is 18.9 Å². The highest BCUT2D eigenvalue weighted by Crippen LogP contribution is 2.67. The Labute approximate surface area is 415 Å². The van der Waals surface area contributed by atoms with Crippen LogP contribution in [0.3, 0.4) is 0 Å². The molecule has 0 fully saturated rings. The van der Waals surface area contributed by atoms with Crippen molar-refractivity contribution in [2.45, 2.75) is 64.0 Å². The molecule has 3 unspecified atom stereocenters. The molecule has 3 aliphatic carbocycles. The number of aryl methyl sites for hydroxylation is 1. The predicted molar refractivity (Wildman–Crippen MR) is 273 cm³/mol. The van der Waals surface area contributed by atoms with Crippen LogP contribution in [0, 0.1) is 18.8 Å². The van der Waals surface area contributed by atoms with Gasteiger partial charge in [0.05, 0.1) is 27.2 Å². The van der Waals surface area contributed by atoms with Gasteiger partial charge in [0.25, 0.3) is 22.2 Å². The van der Waals surface area contributed by atoms with Gasteiger partial charge in [-0.3, -0.25) is 23.7 Å². The van der Waals surface area contributed by atoms with Crippen LogP contribution in [0.4, 0.5) is 13.2 Å². The molecule has 0 saturated heterocycles. The molecule has 0 spiro atoms. The Bertz CT molecular complexity index is 4400. The monoisotopic (exact) mass is 996 g/mol. The van der Waals surface area contributed by atoms with Crippen LogP contribution in [0.25, 0.3) is 71.9 Å². The van der Waals surface area contributed by atoms with E-state index in [9.17, 15) is 29.4 Å². The molecule has 0 radical (unpaired) electrons. The third-order valence-corrected chi connectivity index (χ3v) is 16.5. The molecule has 2 N–H and O–H groups in total. The number of hydrogen-bond donors (Lipinski definition) is 2. The van der Waals surface area contributed by atoms with Crippen molar-refractivity contribution in [2.75, 3.05) is 0 Å². The lowest BCUT2D eigenvalue weighted by Crippen LogP contribution is -2.55. The molecule has 4 aromatic heterocycles. The molecule has 4 heterocycles. The minimum atomic E-state index is -4.90. The van der Waals surface area contributed by atoms with Crippen molar-refractivity contribution < 1.29 is 41.1 Å². The van der Waals surface area contributed by atoms with Crippen LogP contribution in [0.15, 0.2) is 146 Å². The normalized spacial score (nSPS) is 18.1. The van der Waals surface area contributed by atoms with Crippen molar-refractivity contribution in [3.05, 3.63) is 201 Å². The average molecular weight is 997 g/mol. The Morgan fingerprint density at radius 1 is 0.486 bits per heavy atom. The van der Waals surface area contributed by atoms with Gasteiger partial charge in [0.1, 0.15) is 16.9 Å². The van der Waals surface area contributed by atoms with Crippen LogP contribution >= 0.6 is 0 Å². The number of aromatic nitrogens is 2. The van der Waals surface area contributed by atoms with Gasteiger partial charge in [-0.15, -0.1) is 0 Å². The zero-order chi connectivity index (χ0) is 52.0. The third kappa shape index (κ3) is 5.42. The van der Waals surface area contributed by atoms with Crippen molar-refractivity contribution in [1.29, 1.82) is 0 Å². The zero-order valence-electron chi connectivity index (χ0n) is 40.7. The summed E-state index contributed by atoms with van der Waals surface area (Å²) in [4.78, 5) is 54.8. The molecule has 7 aromatic carbocycles. The largest absolute Gasteiger partial charge is 0.508 e. The first kappa shape index (κ1) is 45.3. The number of nitrogens with zero attached hydrogens (tertiary/aromatic N) is 2. The summed E-state index contributed by atoms with van der Waals surface area (Å²) in [6, 6.07) is 28.8. The number of phenols is 2. The molecular weight excluding hydrogens is 954 g/mol. The lowest BCUT2D eigenvalue weighted by Gasteiger charge is -2.59. The number of benzene rings is 7. The van der Waals surface area contributed by atoms with Crippen LogP contribution in [0.5, 0.6) is 11.5 Å². The average Bonchev–Trinajstić information content (AvgIpc) is 3.84. The van der Waals surface area contributed by atoms with Gasteiger partial charge < -0.3 is 27.9 Å². The van der Waals surface area contributed by atoms with E-state index in [4.69, 9.17) is 17.7 Å². The molecule has 12 nitrogen and oxygen atoms in total. The van der Waals surface area contributed by atoms with E-state index >= 15 is 13.2 Å². The molecule has 3 atom stereocenters. The first-order valence-electron chi connectivity index (χ1n) is 24.1. The minimum absolute atomic E-state index is 0.0919. The zero-order valence-corrected chi connectivity index (χ0v) is 40.7. The Hall–Kier alpha value is -8.59. The fraction of sp³-hybridized carbons (Fsp3) is 0.220. The van der Waals surface area contributed by atoms with E-state index in [1.165, 1.54) is 38.2 Å². The van der Waals surface area contributed by atoms with E-state index in [1.807, 2.05) is 36.4 Å². The van der Waals surface area contributed by atoms with Gasteiger partial charge in [0.15, 0.2) is 44.7 Å². The van der Waals surface area contributed by atoms with Gasteiger partial charge in [-0.2, -0.15) is 13.2 Å². The van der Waals surface area contributed by atoms with Crippen LogP contribution in [0.1, 0.15) is 84.7 Å². The number of hydrogen-bond acceptors (Lipinski definition) is 10. The highest BCUT2D eigenvalue weighted by molar-refractivity contribution is 5.97. The second-order valence-electron chi connectivity index (χ2n) is 20.7. The number of alkyl halides is 3. The molecule has 11 aromatic rings. The summed E-state index contributed by atoms with van der Waals surface area (Å²) >= 11 is 0. The van der Waals surface area contributed by atoms with Crippen molar-refractivity contribution in [3.63, 3.8) is 0 Å². The van der Waals surface area contributed by atoms with E-state index in [2.05, 4.69) is 39.8 Å². The van der Waals surface area contributed by atoms with Crippen molar-refractivity contribution in [3.8, 4) is 17.2 Å². The summed E-state index contributed by atoms with van der Waals surface area (Å²) in [5, 5.41) is 21.5. The van der Waals surface area contributed by atoms with Crippen LogP contribution in [-0.4, -0.2) is 25.5 Å². The quantitative estimate of drug-likeness (QED) is 0.158. The summed E-state index contributed by atoms with van der Waals surface area (Å²) in [6.45, 7) is 11.0. The molecule has 3 aliphatic rings. The summed E-state index contributed by atoms with van der Waals surface area (Å²) < 4.78 is 73.9. The van der Waals surface area contributed by atoms with E-state index in [1.54, 1.807) is 12.1 Å². The van der Waals surface area contributed by atoms with E-state index < -0.39 is 56.1 Å². The number of fused-ring (bicyclic) bond motifs is 6. The molecule has 0 saturated carbocycles. The lowest BCUT2D eigenvalue weighted by atomic mass is 9.42. The van der Waals surface area contributed by atoms with Gasteiger partial charge in [-0.1, -0.05) is 70.2 Å². The van der Waals surface area contributed by atoms with Gasteiger partial charge in [0, 0.05) is 17.9 Å². The smallest absolute Gasteiger partial charge is 0.402 e. The standard InChI is InChI=1S/C59H43F3N2O10/c1-26(2)57-35-10-8-9-11-36(35)58(27(3)4,38-23-49-48(22-37(38)57)71-44-18-31-32(19-45(44)72-49)53(68)63(7)52(31)67)40-25-51-50(24-39(40)57)73-46-20-33-34(21-47(46)74-51)55(70)64(54(33)69)41-17-30(13-15-43(41)66)56(6,59(60,61)62)29-12-14-42(65)28(5)16-29/h8-27,65-66H,1-7H3. The highest BCUT2D eigenvalue weighted by atomic mass is 19.4. The van der Waals surface area contributed by atoms with Crippen LogP contribution in [0.2, 0.25) is 0 Å². The molecule has 0 amide bonds. The fourth-order valence-electron chi connectivity index (χ4n) is 12.8. The highest BCUT2D eigenvalue weighted by Gasteiger charge is 2.61. The first-order chi connectivity index (χ1) is 35.1. The molecule has 74 heavy (non-hydrogen) atoms. The predicted octanol–water partition coefficient (Wildman–Crippen LogP) is 11.7. The van der Waals surface area contributed by atoms with Crippen molar-refractivity contribution in [1.82, 2.24) is 9.13 Å². The Balaban J connectivity index is 1.03. The summed E-state index contributed by atoms with van der Waals surface area (Å²) in [7, 11) is 1.43. The maximum atomic E-state index is 15.2. The minimum Gasteiger partial charge on any atom is -0.508 e. The Kier molecular flexibility index (Phi) is 8.90. The number of aromatic hydroxyl groups is 2. The number of phenolic OH excluding ortho intramolecular Hbond substituents is 2. The maximum absolute atomic E-state index is 15.2. The molecule has 15 heteroatoms. The molecular formula is C59H43F3N2O10. The van der Waals surface area contributed by atoms with Gasteiger partial charge in [-0.05, 0) is 142 Å². The lowest BCUT2D eigenvalue weighted by molar-refractivity contribution is -0.173. The maximum Gasteiger partial charge on any atom is 0.402 e. The third-order valence-electron chi connectivity index (χ3n) is 16.5. The molecule has 14 rings (SSSR count). The fourth-order valence-corrected chi connectivity index (χ4v) is 12.8. The van der Waals surface area contributed by atoms with Gasteiger partial charge in [-0.25, -0.2) is 4.57 Å². The number of halogens is 3. The second-order valence-corrected chi connectivity index (χ2v) is 20.7. The SMILES string of the molecule is Cc1cc(C(C)(c2ccc(O)c(-n3c(=O)c4cc5oc6cc7c(cc6oc5cc4c3=O)C3(C(C)C)c4ccccc4C7(C(C)C)c4cc5oc6cc7c(=O)n(C)c(=O)c7cc6oc5cc43)c2)C(F)(F)F)ccc1O. The number of rotatable bonds is 5. The van der Waals surface area contributed by atoms with Crippen LogP contribution in [-0.2, 0) is 23.3 Å². The summed E-state index contributed by atoms with van der Waals surface area (Å²) in [6.07, 6.45) is -4.90. The van der Waals surface area contributed by atoms with E-state index in [0.29, 0.717) is 38.1 Å². The van der Waals surface area contributed by atoms with Gasteiger partial charge in [0.2, 0.25) is 0 Å². The second kappa shape index (κ2) is 14.6. The van der Waals surface area contributed by atoms with Gasteiger partial charge >= 0.3 is 6.18 Å². The van der Waals surface area contributed by atoms with E-state index in [-0.39, 0.29) is 67.0 Å². The molecule has 370 valence electrons. The van der Waals surface area contributed by atoms with Crippen molar-refractivity contribution >= 4 is 66.2 Å². The first-order valence-corrected chi connectivity index (χ1v) is 24.1. The molecule has 2 bridgehead atoms. The van der Waals surface area contributed by atoms with Crippen LogP contribution < -0.4 is 22.2 Å². The van der Waals surface area contributed by atoms with E-state index in [0.717, 1.165) is 69.1 Å². The summed E-state index contributed by atoms with van der Waals surface area (Å²) in [5.41, 5.74) is 0.583.